The second-order valence-electron chi connectivity index (χ2n) is 5.87. The van der Waals surface area contributed by atoms with Gasteiger partial charge < -0.3 is 15.0 Å². The predicted octanol–water partition coefficient (Wildman–Crippen LogP) is 2.24. The minimum atomic E-state index is -0.123. The molecule has 0 bridgehead atoms. The smallest absolute Gasteiger partial charge is 0.257 e. The van der Waals surface area contributed by atoms with Gasteiger partial charge in [-0.3, -0.25) is 9.59 Å². The molecule has 1 unspecified atom stereocenters. The zero-order valence-electron chi connectivity index (χ0n) is 13.8. The highest BCUT2D eigenvalue weighted by Crippen LogP contribution is 2.24. The number of amides is 2. The average molecular weight is 316 g/mol. The summed E-state index contributed by atoms with van der Waals surface area (Å²) >= 11 is 0. The van der Waals surface area contributed by atoms with Crippen LogP contribution in [-0.2, 0) is 4.79 Å². The summed E-state index contributed by atoms with van der Waals surface area (Å²) in [5, 5.41) is 2.82. The van der Waals surface area contributed by atoms with Crippen LogP contribution < -0.4 is 10.1 Å². The van der Waals surface area contributed by atoms with Crippen molar-refractivity contribution in [1.82, 2.24) is 10.2 Å². The number of benzene rings is 1. The molecular weight excluding hydrogens is 292 g/mol. The quantitative estimate of drug-likeness (QED) is 0.819. The number of carbonyl (C=O) groups is 2. The third-order valence-corrected chi connectivity index (χ3v) is 3.79. The Morgan fingerprint density at radius 1 is 1.39 bits per heavy atom. The van der Waals surface area contributed by atoms with E-state index in [4.69, 9.17) is 4.74 Å². The summed E-state index contributed by atoms with van der Waals surface area (Å²) in [6.45, 7) is 9.62. The van der Waals surface area contributed by atoms with Crippen molar-refractivity contribution in [2.75, 3.05) is 26.2 Å². The summed E-state index contributed by atoms with van der Waals surface area (Å²) in [5.74, 6) is 0.369. The standard InChI is InChI=1S/C18H24N2O3/c1-4-19-17(21)14-9-10-20(11-14)18(22)15-7-5-6-8-16(15)23-12-13(2)3/h5-8,14H,2,4,9-12H2,1,3H3,(H,19,21). The van der Waals surface area contributed by atoms with Gasteiger partial charge in [-0.1, -0.05) is 18.7 Å². The zero-order valence-corrected chi connectivity index (χ0v) is 13.8. The number of carbonyl (C=O) groups excluding carboxylic acids is 2. The Morgan fingerprint density at radius 3 is 2.83 bits per heavy atom. The van der Waals surface area contributed by atoms with E-state index >= 15 is 0 Å². The first kappa shape index (κ1) is 17.1. The fourth-order valence-corrected chi connectivity index (χ4v) is 2.62. The summed E-state index contributed by atoms with van der Waals surface area (Å²) in [6.07, 6.45) is 0.701. The van der Waals surface area contributed by atoms with Gasteiger partial charge >= 0.3 is 0 Å². The van der Waals surface area contributed by atoms with Crippen molar-refractivity contribution in [3.63, 3.8) is 0 Å². The number of nitrogens with one attached hydrogen (secondary N) is 1. The molecular formula is C18H24N2O3. The molecule has 1 aliphatic rings. The Labute approximate surface area is 137 Å². The van der Waals surface area contributed by atoms with Gasteiger partial charge in [0.2, 0.25) is 5.91 Å². The maximum Gasteiger partial charge on any atom is 0.257 e. The molecule has 1 heterocycles. The van der Waals surface area contributed by atoms with E-state index in [0.29, 0.717) is 44.0 Å². The van der Waals surface area contributed by atoms with Crippen molar-refractivity contribution in [3.8, 4) is 5.75 Å². The van der Waals surface area contributed by atoms with E-state index in [9.17, 15) is 9.59 Å². The first-order valence-electron chi connectivity index (χ1n) is 7.96. The van der Waals surface area contributed by atoms with Gasteiger partial charge in [-0.05, 0) is 38.0 Å². The van der Waals surface area contributed by atoms with Gasteiger partial charge in [0.25, 0.3) is 5.91 Å². The van der Waals surface area contributed by atoms with Crippen molar-refractivity contribution in [1.29, 1.82) is 0 Å². The number of para-hydroxylation sites is 1. The van der Waals surface area contributed by atoms with Gasteiger partial charge in [-0.25, -0.2) is 0 Å². The van der Waals surface area contributed by atoms with E-state index in [2.05, 4.69) is 11.9 Å². The molecule has 2 rings (SSSR count). The molecule has 0 saturated carbocycles. The second kappa shape index (κ2) is 7.81. The van der Waals surface area contributed by atoms with Crippen molar-refractivity contribution in [2.24, 2.45) is 5.92 Å². The van der Waals surface area contributed by atoms with Crippen LogP contribution in [0.2, 0.25) is 0 Å². The molecule has 0 radical (unpaired) electrons. The highest BCUT2D eigenvalue weighted by atomic mass is 16.5. The largest absolute Gasteiger partial charge is 0.488 e. The average Bonchev–Trinajstić information content (AvgIpc) is 3.03. The highest BCUT2D eigenvalue weighted by molar-refractivity contribution is 5.97. The maximum absolute atomic E-state index is 12.7. The third-order valence-electron chi connectivity index (χ3n) is 3.79. The van der Waals surface area contributed by atoms with E-state index in [0.717, 1.165) is 5.57 Å². The second-order valence-corrected chi connectivity index (χ2v) is 5.87. The Bertz CT molecular complexity index is 598. The lowest BCUT2D eigenvalue weighted by molar-refractivity contribution is -0.124. The fourth-order valence-electron chi connectivity index (χ4n) is 2.62. The van der Waals surface area contributed by atoms with E-state index in [1.54, 1.807) is 17.0 Å². The number of rotatable bonds is 6. The first-order chi connectivity index (χ1) is 11.0. The van der Waals surface area contributed by atoms with Crippen molar-refractivity contribution in [2.45, 2.75) is 20.3 Å². The Balaban J connectivity index is 2.06. The molecule has 1 aromatic carbocycles. The van der Waals surface area contributed by atoms with Crippen molar-refractivity contribution in [3.05, 3.63) is 42.0 Å². The lowest BCUT2D eigenvalue weighted by atomic mass is 10.1. The van der Waals surface area contributed by atoms with Crippen molar-refractivity contribution >= 4 is 11.8 Å². The molecule has 5 nitrogen and oxygen atoms in total. The minimum absolute atomic E-state index is 0.0228. The van der Waals surface area contributed by atoms with Crippen LogP contribution in [0.1, 0.15) is 30.6 Å². The van der Waals surface area contributed by atoms with E-state index in [-0.39, 0.29) is 17.7 Å². The molecule has 0 aromatic heterocycles. The highest BCUT2D eigenvalue weighted by Gasteiger charge is 2.32. The third kappa shape index (κ3) is 4.34. The van der Waals surface area contributed by atoms with Crippen LogP contribution in [0.5, 0.6) is 5.75 Å². The predicted molar refractivity (Wildman–Crippen MR) is 89.4 cm³/mol. The molecule has 5 heteroatoms. The molecule has 0 aliphatic carbocycles. The Morgan fingerprint density at radius 2 is 2.13 bits per heavy atom. The van der Waals surface area contributed by atoms with Crippen LogP contribution in [-0.4, -0.2) is 43.0 Å². The molecule has 0 spiro atoms. The molecule has 1 N–H and O–H groups in total. The van der Waals surface area contributed by atoms with Crippen molar-refractivity contribution < 1.29 is 14.3 Å². The first-order valence-corrected chi connectivity index (χ1v) is 7.96. The lowest BCUT2D eigenvalue weighted by Gasteiger charge is -2.18. The fraction of sp³-hybridized carbons (Fsp3) is 0.444. The molecule has 1 aromatic rings. The van der Waals surface area contributed by atoms with Gasteiger partial charge in [0.1, 0.15) is 12.4 Å². The van der Waals surface area contributed by atoms with Gasteiger partial charge in [0.05, 0.1) is 11.5 Å². The van der Waals surface area contributed by atoms with Crippen LogP contribution >= 0.6 is 0 Å². The van der Waals surface area contributed by atoms with Crippen LogP contribution in [0.3, 0.4) is 0 Å². The molecule has 1 fully saturated rings. The molecule has 1 atom stereocenters. The number of nitrogens with zero attached hydrogens (tertiary/aromatic N) is 1. The number of likely N-dealkylation sites (tertiary alicyclic amines) is 1. The van der Waals surface area contributed by atoms with Gasteiger partial charge in [0.15, 0.2) is 0 Å². The Hall–Kier alpha value is -2.30. The van der Waals surface area contributed by atoms with Gasteiger partial charge in [-0.15, -0.1) is 0 Å². The van der Waals surface area contributed by atoms with Gasteiger partial charge in [-0.2, -0.15) is 0 Å². The summed E-state index contributed by atoms with van der Waals surface area (Å²) in [6, 6.07) is 7.20. The SMILES string of the molecule is C=C(C)COc1ccccc1C(=O)N1CCC(C(=O)NCC)C1. The topological polar surface area (TPSA) is 58.6 Å². The molecule has 23 heavy (non-hydrogen) atoms. The monoisotopic (exact) mass is 316 g/mol. The molecule has 2 amide bonds. The molecule has 124 valence electrons. The van der Waals surface area contributed by atoms with Crippen LogP contribution in [0, 0.1) is 5.92 Å². The van der Waals surface area contributed by atoms with Crippen LogP contribution in [0.25, 0.3) is 0 Å². The summed E-state index contributed by atoms with van der Waals surface area (Å²) in [7, 11) is 0. The Kier molecular flexibility index (Phi) is 5.79. The van der Waals surface area contributed by atoms with E-state index in [1.807, 2.05) is 26.0 Å². The lowest BCUT2D eigenvalue weighted by Crippen LogP contribution is -2.34. The summed E-state index contributed by atoms with van der Waals surface area (Å²) < 4.78 is 5.67. The molecule has 1 saturated heterocycles. The van der Waals surface area contributed by atoms with E-state index in [1.165, 1.54) is 0 Å². The van der Waals surface area contributed by atoms with Crippen LogP contribution in [0.15, 0.2) is 36.4 Å². The number of ether oxygens (including phenoxy) is 1. The van der Waals surface area contributed by atoms with Gasteiger partial charge in [0, 0.05) is 19.6 Å². The zero-order chi connectivity index (χ0) is 16.8. The minimum Gasteiger partial charge on any atom is -0.488 e. The number of hydrogen-bond acceptors (Lipinski definition) is 3. The van der Waals surface area contributed by atoms with E-state index < -0.39 is 0 Å². The maximum atomic E-state index is 12.7. The van der Waals surface area contributed by atoms with Crippen LogP contribution in [0.4, 0.5) is 0 Å². The normalized spacial score (nSPS) is 17.0. The summed E-state index contributed by atoms with van der Waals surface area (Å²) in [5.41, 5.74) is 1.43. The number of hydrogen-bond donors (Lipinski definition) is 1. The molecule has 1 aliphatic heterocycles. The summed E-state index contributed by atoms with van der Waals surface area (Å²) in [4.78, 5) is 26.4.